The van der Waals surface area contributed by atoms with Gasteiger partial charge in [-0.15, -0.1) is 0 Å². The molecule has 0 spiro atoms. The van der Waals surface area contributed by atoms with Crippen molar-refractivity contribution in [2.24, 2.45) is 4.40 Å². The summed E-state index contributed by atoms with van der Waals surface area (Å²) >= 11 is 6.31. The molecule has 0 saturated heterocycles. The predicted molar refractivity (Wildman–Crippen MR) is 132 cm³/mol. The molecule has 0 radical (unpaired) electrons. The molecule has 0 aliphatic carbocycles. The lowest BCUT2D eigenvalue weighted by Crippen LogP contribution is -2.20. The Kier molecular flexibility index (Phi) is 9.98. The number of halogens is 2. The Hall–Kier alpha value is -2.31. The van der Waals surface area contributed by atoms with Crippen LogP contribution in [-0.4, -0.2) is 30.3 Å². The first kappa shape index (κ1) is 27.7. The molecule has 0 saturated carbocycles. The van der Waals surface area contributed by atoms with Crippen molar-refractivity contribution in [3.8, 4) is 0 Å². The number of non-ortho nitro benzene ring substituents is 2. The van der Waals surface area contributed by atoms with E-state index in [0.29, 0.717) is 25.8 Å². The highest BCUT2D eigenvalue weighted by atomic mass is 79.9. The molecule has 2 aromatic carbocycles. The highest BCUT2D eigenvalue weighted by Crippen LogP contribution is 2.23. The van der Waals surface area contributed by atoms with Gasteiger partial charge in [-0.1, -0.05) is 31.9 Å². The van der Waals surface area contributed by atoms with Gasteiger partial charge in [0.25, 0.3) is 11.4 Å². The van der Waals surface area contributed by atoms with Crippen LogP contribution < -0.4 is 0 Å². The maximum atomic E-state index is 11.9. The first-order valence-electron chi connectivity index (χ1n) is 9.00. The van der Waals surface area contributed by atoms with Crippen molar-refractivity contribution in [3.05, 3.63) is 76.7 Å². The number of nitro benzene ring substituents is 2. The van der Waals surface area contributed by atoms with Crippen LogP contribution in [0.2, 0.25) is 0 Å². The zero-order valence-corrected chi connectivity index (χ0v) is 21.9. The maximum Gasteiger partial charge on any atom is 0.271 e. The standard InChI is InChI=1S/C12H15BrN2O3S.C8H6BrNO3/c1-8(14-19(18)12(2,3)4)9-5-10(13)7-11(6-9)15(16)17;1-5(11)6-2-7(9)4-8(3-6)10(12)13/h5-7H,1-4H3;2-4H,1H3. The molecule has 1 atom stereocenters. The van der Waals surface area contributed by atoms with Gasteiger partial charge in [-0.05, 0) is 46.8 Å². The first-order valence-corrected chi connectivity index (χ1v) is 11.7. The van der Waals surface area contributed by atoms with Crippen LogP contribution >= 0.6 is 31.9 Å². The summed E-state index contributed by atoms with van der Waals surface area (Å²) in [5.41, 5.74) is 1.32. The fourth-order valence-corrected chi connectivity index (χ4v) is 3.68. The lowest BCUT2D eigenvalue weighted by atomic mass is 10.1. The third-order valence-corrected chi connectivity index (χ3v) is 6.16. The molecule has 172 valence electrons. The third-order valence-electron chi connectivity index (χ3n) is 3.75. The average Bonchev–Trinajstić information content (AvgIpc) is 2.66. The number of nitrogens with zero attached hydrogens (tertiary/aromatic N) is 3. The second-order valence-corrected chi connectivity index (χ2v) is 11.2. The molecular formula is C20H21Br2N3O6S. The summed E-state index contributed by atoms with van der Waals surface area (Å²) in [5, 5.41) is 21.2. The molecular weight excluding hydrogens is 570 g/mol. The molecule has 0 aliphatic heterocycles. The summed E-state index contributed by atoms with van der Waals surface area (Å²) in [5.74, 6) is -0.190. The first-order chi connectivity index (χ1) is 14.6. The summed E-state index contributed by atoms with van der Waals surface area (Å²) in [7, 11) is -1.39. The molecule has 0 N–H and O–H groups in total. The Morgan fingerprint density at radius 2 is 1.28 bits per heavy atom. The fourth-order valence-electron chi connectivity index (χ4n) is 2.09. The van der Waals surface area contributed by atoms with E-state index in [2.05, 4.69) is 36.3 Å². The van der Waals surface area contributed by atoms with E-state index in [9.17, 15) is 29.2 Å². The quantitative estimate of drug-likeness (QED) is 0.176. The molecule has 0 aliphatic rings. The van der Waals surface area contributed by atoms with Gasteiger partial charge in [-0.3, -0.25) is 25.0 Å². The molecule has 12 heteroatoms. The van der Waals surface area contributed by atoms with Crippen LogP contribution in [0.4, 0.5) is 11.4 Å². The minimum atomic E-state index is -1.39. The number of nitro groups is 2. The second-order valence-electron chi connectivity index (χ2n) is 7.50. The summed E-state index contributed by atoms with van der Waals surface area (Å²) in [6.07, 6.45) is 0. The summed E-state index contributed by atoms with van der Waals surface area (Å²) in [4.78, 5) is 31.1. The van der Waals surface area contributed by atoms with E-state index < -0.39 is 25.6 Å². The largest absolute Gasteiger partial charge is 0.295 e. The van der Waals surface area contributed by atoms with Crippen molar-refractivity contribution in [2.45, 2.75) is 39.4 Å². The van der Waals surface area contributed by atoms with Crippen LogP contribution in [0.15, 0.2) is 49.7 Å². The van der Waals surface area contributed by atoms with Gasteiger partial charge in [-0.25, -0.2) is 4.21 Å². The molecule has 9 nitrogen and oxygen atoms in total. The molecule has 0 amide bonds. The zero-order chi connectivity index (χ0) is 24.8. The molecule has 0 aromatic heterocycles. The average molecular weight is 591 g/mol. The number of carbonyl (C=O) groups is 1. The van der Waals surface area contributed by atoms with Gasteiger partial charge in [0.1, 0.15) is 11.0 Å². The number of carbonyl (C=O) groups excluding carboxylic acids is 1. The highest BCUT2D eigenvalue weighted by Gasteiger charge is 2.20. The van der Waals surface area contributed by atoms with E-state index in [-0.39, 0.29) is 17.2 Å². The van der Waals surface area contributed by atoms with Crippen LogP contribution in [0, 0.1) is 20.2 Å². The van der Waals surface area contributed by atoms with Gasteiger partial charge in [0, 0.05) is 44.3 Å². The van der Waals surface area contributed by atoms with Crippen molar-refractivity contribution < 1.29 is 18.9 Å². The van der Waals surface area contributed by atoms with Crippen molar-refractivity contribution in [1.29, 1.82) is 0 Å². The van der Waals surface area contributed by atoms with Gasteiger partial charge >= 0.3 is 0 Å². The van der Waals surface area contributed by atoms with E-state index in [4.69, 9.17) is 0 Å². The van der Waals surface area contributed by atoms with Crippen molar-refractivity contribution in [3.63, 3.8) is 0 Å². The van der Waals surface area contributed by atoms with Gasteiger partial charge in [-0.2, -0.15) is 4.40 Å². The van der Waals surface area contributed by atoms with E-state index in [1.807, 2.05) is 20.8 Å². The molecule has 0 fully saturated rings. The Labute approximate surface area is 204 Å². The minimum Gasteiger partial charge on any atom is -0.295 e. The molecule has 2 rings (SSSR count). The molecule has 0 bridgehead atoms. The lowest BCUT2D eigenvalue weighted by molar-refractivity contribution is -0.385. The lowest BCUT2D eigenvalue weighted by Gasteiger charge is -2.14. The molecule has 1 unspecified atom stereocenters. The topological polar surface area (TPSA) is 133 Å². The Bertz CT molecular complexity index is 1080. The SMILES string of the molecule is CC(=NS(=O)C(C)(C)C)c1cc(Br)cc([N+](=O)[O-])c1.CC(=O)c1cc(Br)cc([N+](=O)[O-])c1. The number of hydrogen-bond acceptors (Lipinski definition) is 6. The zero-order valence-electron chi connectivity index (χ0n) is 17.9. The minimum absolute atomic E-state index is 0.0273. The third kappa shape index (κ3) is 8.67. The Morgan fingerprint density at radius 3 is 1.66 bits per heavy atom. The molecule has 2 aromatic rings. The van der Waals surface area contributed by atoms with E-state index in [0.717, 1.165) is 0 Å². The van der Waals surface area contributed by atoms with Gasteiger partial charge in [0.2, 0.25) is 0 Å². The second kappa shape index (κ2) is 11.5. The van der Waals surface area contributed by atoms with Gasteiger partial charge < -0.3 is 0 Å². The predicted octanol–water partition coefficient (Wildman–Crippen LogP) is 6.19. The number of hydrogen-bond donors (Lipinski definition) is 0. The van der Waals surface area contributed by atoms with Crippen LogP contribution in [0.1, 0.15) is 50.5 Å². The van der Waals surface area contributed by atoms with Gasteiger partial charge in [0.15, 0.2) is 5.78 Å². The van der Waals surface area contributed by atoms with Crippen LogP contribution in [0.3, 0.4) is 0 Å². The number of benzene rings is 2. The monoisotopic (exact) mass is 589 g/mol. The Balaban J connectivity index is 0.000000343. The maximum absolute atomic E-state index is 11.9. The van der Waals surface area contributed by atoms with Crippen LogP contribution in [-0.2, 0) is 11.0 Å². The van der Waals surface area contributed by atoms with E-state index in [1.54, 1.807) is 19.1 Å². The van der Waals surface area contributed by atoms with Crippen molar-refractivity contribution in [2.75, 3.05) is 0 Å². The highest BCUT2D eigenvalue weighted by molar-refractivity contribution is 9.10. The van der Waals surface area contributed by atoms with E-state index in [1.165, 1.54) is 31.2 Å². The molecule has 0 heterocycles. The Morgan fingerprint density at radius 1 is 0.875 bits per heavy atom. The number of rotatable bonds is 5. The van der Waals surface area contributed by atoms with Gasteiger partial charge in [0.05, 0.1) is 20.3 Å². The smallest absolute Gasteiger partial charge is 0.271 e. The molecule has 32 heavy (non-hydrogen) atoms. The van der Waals surface area contributed by atoms with Crippen molar-refractivity contribution >= 4 is 65.7 Å². The summed E-state index contributed by atoms with van der Waals surface area (Å²) < 4.78 is 16.7. The number of ketones is 1. The summed E-state index contributed by atoms with van der Waals surface area (Å²) in [6.45, 7) is 8.52. The van der Waals surface area contributed by atoms with Crippen LogP contribution in [0.5, 0.6) is 0 Å². The van der Waals surface area contributed by atoms with Crippen molar-refractivity contribution in [1.82, 2.24) is 0 Å². The number of Topliss-reactive ketones (excluding diaryl/α,β-unsaturated/α-hetero) is 1. The fraction of sp³-hybridized carbons (Fsp3) is 0.300. The van der Waals surface area contributed by atoms with E-state index >= 15 is 0 Å². The normalized spacial score (nSPS) is 12.4. The summed E-state index contributed by atoms with van der Waals surface area (Å²) in [6, 6.07) is 8.71. The van der Waals surface area contributed by atoms with Crippen LogP contribution in [0.25, 0.3) is 0 Å².